The minimum Gasteiger partial charge on any atom is -0.270 e. The second kappa shape index (κ2) is 4.29. The van der Waals surface area contributed by atoms with Crippen LogP contribution in [0.3, 0.4) is 0 Å². The Morgan fingerprint density at radius 1 is 1.14 bits per heavy atom. The second-order valence-corrected chi connectivity index (χ2v) is 3.33. The van der Waals surface area contributed by atoms with E-state index in [2.05, 4.69) is 12.1 Å². The van der Waals surface area contributed by atoms with Crippen molar-refractivity contribution in [1.29, 1.82) is 0 Å². The van der Waals surface area contributed by atoms with Crippen LogP contribution in [0.2, 0.25) is 0 Å². The van der Waals surface area contributed by atoms with Gasteiger partial charge < -0.3 is 0 Å². The van der Waals surface area contributed by atoms with E-state index < -0.39 is 0 Å². The maximum atomic E-state index is 5.53. The number of halogens is 1. The van der Waals surface area contributed by atoms with E-state index in [0.717, 1.165) is 5.39 Å². The second-order valence-electron chi connectivity index (χ2n) is 2.96. The molecule has 0 N–H and O–H groups in total. The molecule has 0 saturated heterocycles. The summed E-state index contributed by atoms with van der Waals surface area (Å²) in [7, 11) is 0. The van der Waals surface area contributed by atoms with Gasteiger partial charge in [0.1, 0.15) is 0 Å². The van der Waals surface area contributed by atoms with Gasteiger partial charge in [0.2, 0.25) is 12.4 Å². The number of hydrogen-bond donors (Lipinski definition) is 0. The predicted octanol–water partition coefficient (Wildman–Crippen LogP) is 1.79. The summed E-state index contributed by atoms with van der Waals surface area (Å²) < 4.78 is 1.69. The van der Waals surface area contributed by atoms with Crippen molar-refractivity contribution in [3.8, 4) is 0 Å². The minimum atomic E-state index is 0.500. The molecule has 14 heavy (non-hydrogen) atoms. The SMILES string of the molecule is ClCCO[n+]1ccc2ccccc2c1. The van der Waals surface area contributed by atoms with Crippen molar-refractivity contribution < 1.29 is 9.57 Å². The highest BCUT2D eigenvalue weighted by Crippen LogP contribution is 2.08. The number of nitrogens with zero attached hydrogens (tertiary/aromatic N) is 1. The first-order valence-corrected chi connectivity index (χ1v) is 5.03. The fourth-order valence-corrected chi connectivity index (χ4v) is 1.40. The number of hydrogen-bond acceptors (Lipinski definition) is 1. The fourth-order valence-electron chi connectivity index (χ4n) is 1.33. The fraction of sp³-hybridized carbons (Fsp3) is 0.182. The molecule has 2 nitrogen and oxygen atoms in total. The largest absolute Gasteiger partial charge is 0.270 e. The van der Waals surface area contributed by atoms with Crippen molar-refractivity contribution in [2.24, 2.45) is 0 Å². The molecular formula is C11H11ClNO+. The summed E-state index contributed by atoms with van der Waals surface area (Å²) in [5.41, 5.74) is 0. The van der Waals surface area contributed by atoms with Gasteiger partial charge in [-0.2, -0.15) is 0 Å². The van der Waals surface area contributed by atoms with Crippen molar-refractivity contribution in [2.45, 2.75) is 0 Å². The molecule has 0 spiro atoms. The Morgan fingerprint density at radius 2 is 1.93 bits per heavy atom. The first-order chi connectivity index (χ1) is 6.90. The Balaban J connectivity index is 2.32. The molecule has 0 bridgehead atoms. The molecule has 1 aromatic heterocycles. The average molecular weight is 209 g/mol. The maximum Gasteiger partial charge on any atom is 0.230 e. The van der Waals surface area contributed by atoms with E-state index >= 15 is 0 Å². The van der Waals surface area contributed by atoms with E-state index in [1.807, 2.05) is 30.6 Å². The van der Waals surface area contributed by atoms with E-state index in [4.69, 9.17) is 16.4 Å². The van der Waals surface area contributed by atoms with Gasteiger partial charge in [-0.15, -0.1) is 11.6 Å². The standard InChI is InChI=1S/C11H11ClNO/c12-6-8-14-13-7-5-10-3-1-2-4-11(10)9-13/h1-5,7,9H,6,8H2/q+1. The summed E-state index contributed by atoms with van der Waals surface area (Å²) in [6.45, 7) is 0.518. The van der Waals surface area contributed by atoms with Crippen molar-refractivity contribution in [2.75, 3.05) is 12.5 Å². The van der Waals surface area contributed by atoms with Gasteiger partial charge in [0.15, 0.2) is 6.61 Å². The molecule has 0 atom stereocenters. The number of rotatable bonds is 3. The molecule has 0 radical (unpaired) electrons. The Morgan fingerprint density at radius 3 is 2.71 bits per heavy atom. The van der Waals surface area contributed by atoms with Crippen molar-refractivity contribution >= 4 is 22.4 Å². The Labute approximate surface area is 87.6 Å². The lowest BCUT2D eigenvalue weighted by molar-refractivity contribution is -0.889. The van der Waals surface area contributed by atoms with Gasteiger partial charge in [-0.05, 0) is 11.5 Å². The topological polar surface area (TPSA) is 13.1 Å². The van der Waals surface area contributed by atoms with Gasteiger partial charge in [0.25, 0.3) is 0 Å². The molecular weight excluding hydrogens is 198 g/mol. The van der Waals surface area contributed by atoms with Crippen molar-refractivity contribution in [3.05, 3.63) is 42.7 Å². The number of benzene rings is 1. The van der Waals surface area contributed by atoms with Crippen LogP contribution >= 0.6 is 11.6 Å². The number of pyridine rings is 1. The van der Waals surface area contributed by atoms with E-state index in [1.54, 1.807) is 4.73 Å². The first kappa shape index (κ1) is 9.28. The van der Waals surface area contributed by atoms with Crippen LogP contribution in [0.1, 0.15) is 0 Å². The highest BCUT2D eigenvalue weighted by Gasteiger charge is 2.02. The average Bonchev–Trinajstić information content (AvgIpc) is 2.26. The van der Waals surface area contributed by atoms with Gasteiger partial charge in [0, 0.05) is 10.8 Å². The molecule has 0 unspecified atom stereocenters. The zero-order chi connectivity index (χ0) is 9.80. The highest BCUT2D eigenvalue weighted by atomic mass is 35.5. The molecule has 0 aliphatic heterocycles. The first-order valence-electron chi connectivity index (χ1n) is 4.49. The van der Waals surface area contributed by atoms with Crippen molar-refractivity contribution in [1.82, 2.24) is 0 Å². The number of alkyl halides is 1. The monoisotopic (exact) mass is 208 g/mol. The molecule has 1 aromatic carbocycles. The van der Waals surface area contributed by atoms with Gasteiger partial charge >= 0.3 is 0 Å². The molecule has 72 valence electrons. The predicted molar refractivity (Wildman–Crippen MR) is 56.3 cm³/mol. The molecule has 0 aliphatic rings. The quantitative estimate of drug-likeness (QED) is 0.554. The lowest BCUT2D eigenvalue weighted by Crippen LogP contribution is -2.42. The molecule has 0 saturated carbocycles. The van der Waals surface area contributed by atoms with Gasteiger partial charge in [-0.25, -0.2) is 0 Å². The summed E-state index contributed by atoms with van der Waals surface area (Å²) in [5.74, 6) is 0.500. The van der Waals surface area contributed by atoms with Gasteiger partial charge in [-0.3, -0.25) is 4.84 Å². The van der Waals surface area contributed by atoms with Gasteiger partial charge in [-0.1, -0.05) is 18.2 Å². The summed E-state index contributed by atoms with van der Waals surface area (Å²) in [6.07, 6.45) is 3.83. The summed E-state index contributed by atoms with van der Waals surface area (Å²) in [5, 5.41) is 2.36. The number of aromatic nitrogens is 1. The normalized spacial score (nSPS) is 10.4. The molecule has 2 rings (SSSR count). The van der Waals surface area contributed by atoms with Crippen LogP contribution < -0.4 is 9.57 Å². The molecule has 0 fully saturated rings. The number of fused-ring (bicyclic) bond motifs is 1. The van der Waals surface area contributed by atoms with E-state index in [0.29, 0.717) is 12.5 Å². The Kier molecular flexibility index (Phi) is 2.84. The summed E-state index contributed by atoms with van der Waals surface area (Å²) in [6, 6.07) is 10.2. The Bertz CT molecular complexity index is 430. The zero-order valence-electron chi connectivity index (χ0n) is 7.69. The van der Waals surface area contributed by atoms with Crippen molar-refractivity contribution in [3.63, 3.8) is 0 Å². The third-order valence-corrected chi connectivity index (χ3v) is 2.14. The lowest BCUT2D eigenvalue weighted by Gasteiger charge is -1.97. The van der Waals surface area contributed by atoms with Crippen LogP contribution in [0.5, 0.6) is 0 Å². The summed E-state index contributed by atoms with van der Waals surface area (Å²) in [4.78, 5) is 5.35. The molecule has 1 heterocycles. The summed E-state index contributed by atoms with van der Waals surface area (Å²) >= 11 is 5.53. The van der Waals surface area contributed by atoms with Crippen LogP contribution in [0.25, 0.3) is 10.8 Å². The molecule has 0 aliphatic carbocycles. The van der Waals surface area contributed by atoms with Crippen LogP contribution in [-0.4, -0.2) is 12.5 Å². The molecule has 2 aromatic rings. The van der Waals surface area contributed by atoms with Crippen LogP contribution in [-0.2, 0) is 0 Å². The lowest BCUT2D eigenvalue weighted by atomic mass is 10.2. The van der Waals surface area contributed by atoms with Gasteiger partial charge in [0.05, 0.1) is 11.3 Å². The van der Waals surface area contributed by atoms with E-state index in [1.165, 1.54) is 5.39 Å². The van der Waals surface area contributed by atoms with E-state index in [-0.39, 0.29) is 0 Å². The van der Waals surface area contributed by atoms with Crippen LogP contribution in [0.15, 0.2) is 42.7 Å². The zero-order valence-corrected chi connectivity index (χ0v) is 8.45. The smallest absolute Gasteiger partial charge is 0.230 e. The molecule has 3 heteroatoms. The maximum absolute atomic E-state index is 5.53. The highest BCUT2D eigenvalue weighted by molar-refractivity contribution is 6.17. The molecule has 0 amide bonds. The van der Waals surface area contributed by atoms with E-state index in [9.17, 15) is 0 Å². The van der Waals surface area contributed by atoms with Crippen LogP contribution in [0, 0.1) is 0 Å². The third-order valence-electron chi connectivity index (χ3n) is 1.98. The Hall–Kier alpha value is -1.28. The third kappa shape index (κ3) is 1.96. The minimum absolute atomic E-state index is 0.500. The van der Waals surface area contributed by atoms with Crippen LogP contribution in [0.4, 0.5) is 0 Å².